The SMILES string of the molecule is CNCC(=O)NC(C(=O)N1CC(NSc2cccc(S)c2)CC1C)C(C)(C)C. The Kier molecular flexibility index (Phi) is 8.24. The summed E-state index contributed by atoms with van der Waals surface area (Å²) in [6.07, 6.45) is 0.876. The van der Waals surface area contributed by atoms with E-state index in [1.54, 1.807) is 19.0 Å². The lowest BCUT2D eigenvalue weighted by molar-refractivity contribution is -0.139. The van der Waals surface area contributed by atoms with Gasteiger partial charge in [0.25, 0.3) is 0 Å². The van der Waals surface area contributed by atoms with Gasteiger partial charge in [-0.05, 0) is 56.0 Å². The standard InChI is InChI=1S/C20H32N4O2S2/c1-13-9-14(23-28-16-8-6-7-15(27)10-16)12-24(13)19(26)18(20(2,3)4)22-17(25)11-21-5/h6-8,10,13-14,18,21,23,27H,9,11-12H2,1-5H3,(H,22,25). The van der Waals surface area contributed by atoms with Gasteiger partial charge in [0, 0.05) is 28.4 Å². The van der Waals surface area contributed by atoms with Crippen LogP contribution in [-0.2, 0) is 9.59 Å². The molecule has 8 heteroatoms. The third-order valence-electron chi connectivity index (χ3n) is 4.77. The number of likely N-dealkylation sites (N-methyl/N-ethyl adjacent to an activating group) is 1. The summed E-state index contributed by atoms with van der Waals surface area (Å²) >= 11 is 5.93. The maximum absolute atomic E-state index is 13.3. The van der Waals surface area contributed by atoms with Crippen LogP contribution in [0.1, 0.15) is 34.1 Å². The number of hydrogen-bond donors (Lipinski definition) is 4. The van der Waals surface area contributed by atoms with Crippen LogP contribution in [0.5, 0.6) is 0 Å². The highest BCUT2D eigenvalue weighted by Gasteiger charge is 2.40. The molecule has 28 heavy (non-hydrogen) atoms. The first-order valence-electron chi connectivity index (χ1n) is 9.57. The first-order chi connectivity index (χ1) is 13.1. The van der Waals surface area contributed by atoms with Gasteiger partial charge in [0.05, 0.1) is 6.54 Å². The fourth-order valence-electron chi connectivity index (χ4n) is 3.31. The van der Waals surface area contributed by atoms with Crippen molar-refractivity contribution in [3.8, 4) is 0 Å². The highest BCUT2D eigenvalue weighted by Crippen LogP contribution is 2.27. The van der Waals surface area contributed by atoms with Crippen LogP contribution in [0.2, 0.25) is 0 Å². The van der Waals surface area contributed by atoms with Crippen molar-refractivity contribution in [2.45, 2.75) is 62.0 Å². The molecule has 2 rings (SSSR count). The summed E-state index contributed by atoms with van der Waals surface area (Å²) in [7, 11) is 1.72. The second kappa shape index (κ2) is 10.0. The Morgan fingerprint density at radius 2 is 2.07 bits per heavy atom. The van der Waals surface area contributed by atoms with E-state index >= 15 is 0 Å². The molecule has 1 aliphatic rings. The van der Waals surface area contributed by atoms with Crippen LogP contribution in [0.4, 0.5) is 0 Å². The summed E-state index contributed by atoms with van der Waals surface area (Å²) in [6, 6.07) is 7.72. The van der Waals surface area contributed by atoms with Gasteiger partial charge in [-0.15, -0.1) is 12.6 Å². The lowest BCUT2D eigenvalue weighted by atomic mass is 9.85. The molecule has 156 valence electrons. The van der Waals surface area contributed by atoms with Gasteiger partial charge in [0.15, 0.2) is 0 Å². The summed E-state index contributed by atoms with van der Waals surface area (Å²) in [5.41, 5.74) is -0.368. The second-order valence-electron chi connectivity index (χ2n) is 8.39. The van der Waals surface area contributed by atoms with Crippen LogP contribution in [-0.4, -0.2) is 55.0 Å². The quantitative estimate of drug-likeness (QED) is 0.399. The van der Waals surface area contributed by atoms with E-state index in [-0.39, 0.29) is 35.9 Å². The van der Waals surface area contributed by atoms with E-state index in [4.69, 9.17) is 0 Å². The van der Waals surface area contributed by atoms with E-state index in [0.29, 0.717) is 6.54 Å². The zero-order valence-corrected chi connectivity index (χ0v) is 19.0. The topological polar surface area (TPSA) is 73.5 Å². The number of likely N-dealkylation sites (tertiary alicyclic amines) is 1. The lowest BCUT2D eigenvalue weighted by Gasteiger charge is -2.35. The average Bonchev–Trinajstić information content (AvgIpc) is 2.97. The molecule has 1 aromatic carbocycles. The van der Waals surface area contributed by atoms with E-state index in [2.05, 4.69) is 34.9 Å². The summed E-state index contributed by atoms with van der Waals surface area (Å²) < 4.78 is 3.47. The highest BCUT2D eigenvalue weighted by atomic mass is 32.2. The lowest BCUT2D eigenvalue weighted by Crippen LogP contribution is -2.56. The number of carbonyl (C=O) groups is 2. The first kappa shape index (κ1) is 23.1. The largest absolute Gasteiger partial charge is 0.343 e. The Morgan fingerprint density at radius 3 is 2.68 bits per heavy atom. The van der Waals surface area contributed by atoms with Gasteiger partial charge in [-0.2, -0.15) is 0 Å². The monoisotopic (exact) mass is 424 g/mol. The normalized spacial score (nSPS) is 20.9. The number of thiol groups is 1. The molecule has 3 N–H and O–H groups in total. The minimum Gasteiger partial charge on any atom is -0.343 e. The number of rotatable bonds is 7. The van der Waals surface area contributed by atoms with Crippen molar-refractivity contribution >= 4 is 36.4 Å². The van der Waals surface area contributed by atoms with Crippen LogP contribution >= 0.6 is 24.6 Å². The molecule has 0 aromatic heterocycles. The minimum absolute atomic E-state index is 0.0175. The van der Waals surface area contributed by atoms with Crippen molar-refractivity contribution in [3.63, 3.8) is 0 Å². The smallest absolute Gasteiger partial charge is 0.245 e. The zero-order valence-electron chi connectivity index (χ0n) is 17.3. The Hall–Kier alpha value is -1.22. The maximum Gasteiger partial charge on any atom is 0.245 e. The molecule has 0 saturated carbocycles. The summed E-state index contributed by atoms with van der Waals surface area (Å²) in [5.74, 6) is -0.185. The number of nitrogens with one attached hydrogen (secondary N) is 3. The van der Waals surface area contributed by atoms with Crippen molar-refractivity contribution in [2.24, 2.45) is 5.41 Å². The molecule has 0 bridgehead atoms. The Bertz CT molecular complexity index is 693. The number of benzene rings is 1. The van der Waals surface area contributed by atoms with Crippen molar-refractivity contribution in [1.82, 2.24) is 20.3 Å². The van der Waals surface area contributed by atoms with E-state index in [9.17, 15) is 9.59 Å². The van der Waals surface area contributed by atoms with Gasteiger partial charge in [-0.1, -0.05) is 26.8 Å². The van der Waals surface area contributed by atoms with E-state index in [1.807, 2.05) is 49.9 Å². The van der Waals surface area contributed by atoms with Crippen LogP contribution in [0.25, 0.3) is 0 Å². The molecule has 0 radical (unpaired) electrons. The summed E-state index contributed by atoms with van der Waals surface area (Å²) in [5, 5.41) is 5.74. The van der Waals surface area contributed by atoms with E-state index < -0.39 is 6.04 Å². The summed E-state index contributed by atoms with van der Waals surface area (Å²) in [6.45, 7) is 8.82. The number of amides is 2. The second-order valence-corrected chi connectivity index (χ2v) is 9.81. The van der Waals surface area contributed by atoms with Crippen molar-refractivity contribution < 1.29 is 9.59 Å². The molecule has 3 unspecified atom stereocenters. The predicted molar refractivity (Wildman–Crippen MR) is 118 cm³/mol. The molecule has 6 nitrogen and oxygen atoms in total. The summed E-state index contributed by atoms with van der Waals surface area (Å²) in [4.78, 5) is 29.2. The van der Waals surface area contributed by atoms with Crippen molar-refractivity contribution in [3.05, 3.63) is 24.3 Å². The maximum atomic E-state index is 13.3. The van der Waals surface area contributed by atoms with Gasteiger partial charge in [-0.25, -0.2) is 0 Å². The molecular weight excluding hydrogens is 392 g/mol. The molecule has 1 fully saturated rings. The molecule has 2 amide bonds. The van der Waals surface area contributed by atoms with E-state index in [0.717, 1.165) is 16.2 Å². The molecule has 1 aromatic rings. The molecule has 1 aliphatic heterocycles. The first-order valence-corrected chi connectivity index (χ1v) is 10.8. The number of hydrogen-bond acceptors (Lipinski definition) is 6. The molecule has 3 atom stereocenters. The van der Waals surface area contributed by atoms with Crippen LogP contribution in [0.15, 0.2) is 34.1 Å². The average molecular weight is 425 g/mol. The van der Waals surface area contributed by atoms with Crippen LogP contribution < -0.4 is 15.4 Å². The fraction of sp³-hybridized carbons (Fsp3) is 0.600. The zero-order chi connectivity index (χ0) is 20.9. The van der Waals surface area contributed by atoms with Crippen LogP contribution in [0.3, 0.4) is 0 Å². The molecule has 1 saturated heterocycles. The minimum atomic E-state index is -0.553. The molecule has 0 spiro atoms. The van der Waals surface area contributed by atoms with Crippen molar-refractivity contribution in [1.29, 1.82) is 0 Å². The van der Waals surface area contributed by atoms with Gasteiger partial charge in [-0.3, -0.25) is 14.3 Å². The van der Waals surface area contributed by atoms with E-state index in [1.165, 1.54) is 0 Å². The number of nitrogens with zero attached hydrogens (tertiary/aromatic N) is 1. The third kappa shape index (κ3) is 6.40. The Morgan fingerprint density at radius 1 is 1.36 bits per heavy atom. The fourth-order valence-corrected chi connectivity index (χ4v) is 4.43. The Balaban J connectivity index is 2.00. The van der Waals surface area contributed by atoms with Gasteiger partial charge < -0.3 is 15.5 Å². The van der Waals surface area contributed by atoms with Gasteiger partial charge >= 0.3 is 0 Å². The molecular formula is C20H32N4O2S2. The van der Waals surface area contributed by atoms with Gasteiger partial charge in [0.1, 0.15) is 6.04 Å². The van der Waals surface area contributed by atoms with Gasteiger partial charge in [0.2, 0.25) is 11.8 Å². The van der Waals surface area contributed by atoms with Crippen LogP contribution in [0, 0.1) is 5.41 Å². The predicted octanol–water partition coefficient (Wildman–Crippen LogP) is 2.31. The van der Waals surface area contributed by atoms with Crippen molar-refractivity contribution in [2.75, 3.05) is 20.1 Å². The molecule has 0 aliphatic carbocycles. The number of carbonyl (C=O) groups excluding carboxylic acids is 2. The highest BCUT2D eigenvalue weighted by molar-refractivity contribution is 7.97. The third-order valence-corrected chi connectivity index (χ3v) is 5.99. The molecule has 1 heterocycles. The Labute approximate surface area is 178 Å².